The average Bonchev–Trinajstić information content (AvgIpc) is 2.87. The minimum atomic E-state index is 0.354. The number of nitrogens with zero attached hydrogens (tertiary/aromatic N) is 4. The van der Waals surface area contributed by atoms with Crippen molar-refractivity contribution < 1.29 is 4.42 Å². The highest BCUT2D eigenvalue weighted by atomic mass is 127. The van der Waals surface area contributed by atoms with E-state index in [1.54, 1.807) is 6.26 Å². The molecule has 0 fully saturated rings. The van der Waals surface area contributed by atoms with E-state index in [9.17, 15) is 0 Å². The van der Waals surface area contributed by atoms with Crippen LogP contribution in [0.1, 0.15) is 0 Å². The number of hydrogen-bond acceptors (Lipinski definition) is 4. The third-order valence-corrected chi connectivity index (χ3v) is 3.14. The van der Waals surface area contributed by atoms with Gasteiger partial charge < -0.3 is 8.98 Å². The van der Waals surface area contributed by atoms with E-state index < -0.39 is 0 Å². The van der Waals surface area contributed by atoms with Gasteiger partial charge in [-0.2, -0.15) is 0 Å². The van der Waals surface area contributed by atoms with Gasteiger partial charge in [-0.25, -0.2) is 15.0 Å². The maximum absolute atomic E-state index is 6.05. The fourth-order valence-electron chi connectivity index (χ4n) is 1.63. The van der Waals surface area contributed by atoms with E-state index in [2.05, 4.69) is 15.0 Å². The summed E-state index contributed by atoms with van der Waals surface area (Å²) in [5.74, 6) is 1.36. The fraction of sp³-hybridized carbons (Fsp3) is 0.100. The third-order valence-electron chi connectivity index (χ3n) is 2.39. The second kappa shape index (κ2) is 3.95. The van der Waals surface area contributed by atoms with Crippen molar-refractivity contribution in [2.75, 3.05) is 0 Å². The summed E-state index contributed by atoms with van der Waals surface area (Å²) in [4.78, 5) is 12.8. The molecule has 3 rings (SSSR count). The molecule has 86 valence electrons. The van der Waals surface area contributed by atoms with Crippen LogP contribution in [0.25, 0.3) is 22.7 Å². The van der Waals surface area contributed by atoms with E-state index in [4.69, 9.17) is 16.0 Å². The van der Waals surface area contributed by atoms with Crippen molar-refractivity contribution in [1.29, 1.82) is 0 Å². The van der Waals surface area contributed by atoms with Crippen molar-refractivity contribution >= 4 is 45.4 Å². The SMILES string of the molecule is Cn1c(-c2ccco2)nc2c(Cl)nc(I)nc21. The van der Waals surface area contributed by atoms with Crippen molar-refractivity contribution in [2.24, 2.45) is 7.05 Å². The van der Waals surface area contributed by atoms with Gasteiger partial charge in [0.25, 0.3) is 0 Å². The van der Waals surface area contributed by atoms with Gasteiger partial charge in [-0.15, -0.1) is 0 Å². The maximum atomic E-state index is 6.05. The molecule has 0 aromatic carbocycles. The summed E-state index contributed by atoms with van der Waals surface area (Å²) >= 11 is 8.07. The van der Waals surface area contributed by atoms with Gasteiger partial charge in [-0.1, -0.05) is 11.6 Å². The van der Waals surface area contributed by atoms with Gasteiger partial charge in [0.2, 0.25) is 0 Å². The number of fused-ring (bicyclic) bond motifs is 1. The van der Waals surface area contributed by atoms with Gasteiger partial charge in [0.1, 0.15) is 5.52 Å². The largest absolute Gasteiger partial charge is 0.461 e. The Kier molecular flexibility index (Phi) is 2.55. The number of aromatic nitrogens is 4. The summed E-state index contributed by atoms with van der Waals surface area (Å²) in [5, 5.41) is 0.354. The van der Waals surface area contributed by atoms with Crippen LogP contribution in [0.5, 0.6) is 0 Å². The molecular formula is C10H6ClIN4O. The molecule has 0 aliphatic carbocycles. The van der Waals surface area contributed by atoms with Crippen LogP contribution in [0, 0.1) is 3.83 Å². The standard InChI is InChI=1S/C10H6ClIN4O/c1-16-8(5-3-2-4-17-5)13-6-7(11)14-10(12)15-9(6)16/h2-4H,1H3. The van der Waals surface area contributed by atoms with Gasteiger partial charge in [-0.3, -0.25) is 0 Å². The minimum Gasteiger partial charge on any atom is -0.461 e. The Morgan fingerprint density at radius 1 is 1.35 bits per heavy atom. The highest BCUT2D eigenvalue weighted by Crippen LogP contribution is 2.26. The quantitative estimate of drug-likeness (QED) is 0.380. The predicted molar refractivity (Wildman–Crippen MR) is 71.7 cm³/mol. The Balaban J connectivity index is 2.36. The van der Waals surface area contributed by atoms with Crippen molar-refractivity contribution in [3.05, 3.63) is 27.4 Å². The third kappa shape index (κ3) is 1.71. The summed E-state index contributed by atoms with van der Waals surface area (Å²) in [6.07, 6.45) is 1.60. The first kappa shape index (κ1) is 11.0. The van der Waals surface area contributed by atoms with Crippen molar-refractivity contribution in [3.8, 4) is 11.6 Å². The molecule has 5 nitrogen and oxygen atoms in total. The lowest BCUT2D eigenvalue weighted by atomic mass is 10.4. The van der Waals surface area contributed by atoms with Crippen molar-refractivity contribution in [1.82, 2.24) is 19.5 Å². The Morgan fingerprint density at radius 2 is 2.18 bits per heavy atom. The molecule has 17 heavy (non-hydrogen) atoms. The maximum Gasteiger partial charge on any atom is 0.194 e. The molecule has 0 N–H and O–H groups in total. The average molecular weight is 361 g/mol. The lowest BCUT2D eigenvalue weighted by Gasteiger charge is -1.98. The molecule has 3 aromatic rings. The normalized spacial score (nSPS) is 11.2. The van der Waals surface area contributed by atoms with E-state index in [0.717, 1.165) is 0 Å². The van der Waals surface area contributed by atoms with Gasteiger partial charge in [0.05, 0.1) is 6.26 Å². The second-order valence-electron chi connectivity index (χ2n) is 3.43. The molecular weight excluding hydrogens is 354 g/mol. The lowest BCUT2D eigenvalue weighted by Crippen LogP contribution is -1.95. The van der Waals surface area contributed by atoms with Crippen LogP contribution in [0.2, 0.25) is 5.15 Å². The van der Waals surface area contributed by atoms with Crippen LogP contribution in [0.3, 0.4) is 0 Å². The zero-order chi connectivity index (χ0) is 12.0. The predicted octanol–water partition coefficient (Wildman–Crippen LogP) is 2.88. The van der Waals surface area contributed by atoms with Gasteiger partial charge >= 0.3 is 0 Å². The smallest absolute Gasteiger partial charge is 0.194 e. The summed E-state index contributed by atoms with van der Waals surface area (Å²) < 4.78 is 7.75. The van der Waals surface area contributed by atoms with Crippen LogP contribution in [0.4, 0.5) is 0 Å². The first-order valence-electron chi connectivity index (χ1n) is 4.76. The first-order chi connectivity index (χ1) is 8.16. The zero-order valence-electron chi connectivity index (χ0n) is 8.69. The number of furan rings is 1. The van der Waals surface area contributed by atoms with Crippen LogP contribution in [0.15, 0.2) is 22.8 Å². The molecule has 0 saturated carbocycles. The fourth-order valence-corrected chi connectivity index (χ4v) is 2.45. The number of hydrogen-bond donors (Lipinski definition) is 0. The molecule has 0 aliphatic heterocycles. The Hall–Kier alpha value is -1.15. The van der Waals surface area contributed by atoms with Crippen LogP contribution >= 0.6 is 34.2 Å². The Bertz CT molecular complexity index is 692. The van der Waals surface area contributed by atoms with E-state index in [1.807, 2.05) is 46.3 Å². The second-order valence-corrected chi connectivity index (χ2v) is 4.75. The Morgan fingerprint density at radius 3 is 2.88 bits per heavy atom. The molecule has 0 unspecified atom stereocenters. The molecule has 0 bridgehead atoms. The summed E-state index contributed by atoms with van der Waals surface area (Å²) in [6.45, 7) is 0. The number of aryl methyl sites for hydroxylation is 1. The van der Waals surface area contributed by atoms with Crippen molar-refractivity contribution in [2.45, 2.75) is 0 Å². The van der Waals surface area contributed by atoms with Gasteiger partial charge in [0.15, 0.2) is 26.2 Å². The molecule has 0 radical (unpaired) electrons. The molecule has 0 aliphatic rings. The topological polar surface area (TPSA) is 56.7 Å². The monoisotopic (exact) mass is 360 g/mol. The number of rotatable bonds is 1. The highest BCUT2D eigenvalue weighted by Gasteiger charge is 2.16. The minimum absolute atomic E-state index is 0.354. The summed E-state index contributed by atoms with van der Waals surface area (Å²) in [7, 11) is 1.87. The van der Waals surface area contributed by atoms with E-state index in [1.165, 1.54) is 0 Å². The molecule has 7 heteroatoms. The summed E-state index contributed by atoms with van der Waals surface area (Å²) in [6, 6.07) is 3.65. The van der Waals surface area contributed by atoms with Crippen LogP contribution < -0.4 is 0 Å². The van der Waals surface area contributed by atoms with Crippen LogP contribution in [-0.4, -0.2) is 19.5 Å². The lowest BCUT2D eigenvalue weighted by molar-refractivity contribution is 0.574. The van der Waals surface area contributed by atoms with Gasteiger partial charge in [0, 0.05) is 29.6 Å². The first-order valence-corrected chi connectivity index (χ1v) is 6.22. The number of imidazole rings is 1. The number of halogens is 2. The molecule has 0 spiro atoms. The molecule has 3 heterocycles. The summed E-state index contributed by atoms with van der Waals surface area (Å²) in [5.41, 5.74) is 1.28. The Labute approximate surface area is 115 Å². The van der Waals surface area contributed by atoms with Gasteiger partial charge in [-0.05, 0) is 12.1 Å². The molecule has 0 saturated heterocycles. The molecule has 0 amide bonds. The van der Waals surface area contributed by atoms with Crippen LogP contribution in [-0.2, 0) is 7.05 Å². The van der Waals surface area contributed by atoms with Crippen molar-refractivity contribution in [3.63, 3.8) is 0 Å². The van der Waals surface area contributed by atoms with E-state index in [-0.39, 0.29) is 0 Å². The molecule has 3 aromatic heterocycles. The zero-order valence-corrected chi connectivity index (χ0v) is 11.6. The highest BCUT2D eigenvalue weighted by molar-refractivity contribution is 14.1. The van der Waals surface area contributed by atoms with E-state index in [0.29, 0.717) is 31.7 Å². The van der Waals surface area contributed by atoms with E-state index >= 15 is 0 Å². The molecule has 0 atom stereocenters.